The first-order chi connectivity index (χ1) is 7.65. The van der Waals surface area contributed by atoms with Crippen LogP contribution in [0.25, 0.3) is 0 Å². The van der Waals surface area contributed by atoms with E-state index < -0.39 is 0 Å². The van der Waals surface area contributed by atoms with E-state index in [4.69, 9.17) is 0 Å². The minimum absolute atomic E-state index is 0.104. The molecule has 0 bridgehead atoms. The van der Waals surface area contributed by atoms with Gasteiger partial charge in [0.1, 0.15) is 10.7 Å². The maximum absolute atomic E-state index is 13.1. The number of nitrogens with zero attached hydrogens (tertiary/aromatic N) is 2. The molecule has 0 fully saturated rings. The molecule has 2 aromatic rings. The van der Waals surface area contributed by atoms with Crippen LogP contribution in [-0.2, 0) is 6.42 Å². The molecule has 0 unspecified atom stereocenters. The van der Waals surface area contributed by atoms with Crippen molar-refractivity contribution in [3.8, 4) is 0 Å². The van der Waals surface area contributed by atoms with Gasteiger partial charge in [-0.05, 0) is 35.3 Å². The highest BCUT2D eigenvalue weighted by Gasteiger charge is 2.10. The van der Waals surface area contributed by atoms with Crippen molar-refractivity contribution in [3.05, 3.63) is 45.1 Å². The van der Waals surface area contributed by atoms with Crippen molar-refractivity contribution in [2.24, 2.45) is 0 Å². The van der Waals surface area contributed by atoms with Crippen molar-refractivity contribution in [3.63, 3.8) is 0 Å². The minimum atomic E-state index is -0.361. The average molecular weight is 301 g/mol. The first-order valence-electron chi connectivity index (χ1n) is 4.40. The molecule has 0 spiro atoms. The molecule has 0 aliphatic carbocycles. The Morgan fingerprint density at radius 3 is 2.88 bits per heavy atom. The van der Waals surface area contributed by atoms with Crippen LogP contribution in [0.15, 0.2) is 28.9 Å². The largest absolute Gasteiger partial charge is 0.293 e. The van der Waals surface area contributed by atoms with E-state index in [1.807, 2.05) is 0 Å². The molecule has 0 amide bonds. The summed E-state index contributed by atoms with van der Waals surface area (Å²) in [4.78, 5) is 12.2. The van der Waals surface area contributed by atoms with E-state index in [2.05, 4.69) is 25.5 Å². The molecule has 1 aromatic heterocycles. The van der Waals surface area contributed by atoms with Gasteiger partial charge in [-0.2, -0.15) is 0 Å². The van der Waals surface area contributed by atoms with Gasteiger partial charge in [0.15, 0.2) is 5.78 Å². The number of aromatic nitrogens is 2. The molecular weight excluding hydrogens is 295 g/mol. The summed E-state index contributed by atoms with van der Waals surface area (Å²) in [7, 11) is 0. The summed E-state index contributed by atoms with van der Waals surface area (Å²) in [6.45, 7) is 0. The first kappa shape index (κ1) is 11.3. The normalized spacial score (nSPS) is 10.4. The third-order valence-corrected chi connectivity index (χ3v) is 3.09. The van der Waals surface area contributed by atoms with Gasteiger partial charge >= 0.3 is 0 Å². The molecule has 0 radical (unpaired) electrons. The van der Waals surface area contributed by atoms with E-state index >= 15 is 0 Å². The second kappa shape index (κ2) is 4.80. The van der Waals surface area contributed by atoms with E-state index in [0.29, 0.717) is 14.9 Å². The van der Waals surface area contributed by atoms with Crippen LogP contribution in [0, 0.1) is 5.82 Å². The second-order valence-corrected chi connectivity index (χ2v) is 4.86. The molecule has 0 atom stereocenters. The molecule has 0 saturated heterocycles. The summed E-state index contributed by atoms with van der Waals surface area (Å²) in [6, 6.07) is 4.41. The third-order valence-electron chi connectivity index (χ3n) is 1.92. The molecule has 3 nitrogen and oxygen atoms in total. The zero-order valence-electron chi connectivity index (χ0n) is 7.98. The predicted molar refractivity (Wildman–Crippen MR) is 62.0 cm³/mol. The fraction of sp³-hybridized carbons (Fsp3) is 0.100. The topological polar surface area (TPSA) is 42.9 Å². The molecular formula is C10H6BrFN2OS. The molecule has 1 aromatic carbocycles. The Morgan fingerprint density at radius 1 is 1.44 bits per heavy atom. The number of ketones is 1. The SMILES string of the molecule is O=C(Cc1cc(F)cc(Br)c1)c1cnns1. The van der Waals surface area contributed by atoms with Crippen molar-refractivity contribution in [2.75, 3.05) is 0 Å². The Balaban J connectivity index is 2.18. The molecule has 0 aliphatic rings. The Kier molecular flexibility index (Phi) is 3.40. The van der Waals surface area contributed by atoms with Crippen molar-refractivity contribution in [1.82, 2.24) is 9.59 Å². The van der Waals surface area contributed by atoms with Gasteiger partial charge in [-0.25, -0.2) is 4.39 Å². The van der Waals surface area contributed by atoms with Crippen LogP contribution >= 0.6 is 27.5 Å². The lowest BCUT2D eigenvalue weighted by Crippen LogP contribution is -2.01. The summed E-state index contributed by atoms with van der Waals surface area (Å²) < 4.78 is 17.3. The summed E-state index contributed by atoms with van der Waals surface area (Å²) in [5.41, 5.74) is 0.630. The van der Waals surface area contributed by atoms with Gasteiger partial charge in [0.2, 0.25) is 0 Å². The van der Waals surface area contributed by atoms with E-state index in [1.54, 1.807) is 6.07 Å². The molecule has 6 heteroatoms. The standard InChI is InChI=1S/C10H6BrFN2OS/c11-7-1-6(2-8(12)4-7)3-9(15)10-5-13-14-16-10/h1-2,4-5H,3H2. The van der Waals surface area contributed by atoms with Crippen molar-refractivity contribution < 1.29 is 9.18 Å². The smallest absolute Gasteiger partial charge is 0.180 e. The lowest BCUT2D eigenvalue weighted by molar-refractivity contribution is 0.0996. The highest BCUT2D eigenvalue weighted by molar-refractivity contribution is 9.10. The highest BCUT2D eigenvalue weighted by Crippen LogP contribution is 2.17. The molecule has 16 heavy (non-hydrogen) atoms. The monoisotopic (exact) mass is 300 g/mol. The van der Waals surface area contributed by atoms with Crippen LogP contribution in [0.2, 0.25) is 0 Å². The lowest BCUT2D eigenvalue weighted by Gasteiger charge is -2.00. The maximum Gasteiger partial charge on any atom is 0.180 e. The fourth-order valence-corrected chi connectivity index (χ4v) is 2.24. The van der Waals surface area contributed by atoms with Gasteiger partial charge in [0, 0.05) is 10.9 Å². The Bertz CT molecular complexity index is 495. The van der Waals surface area contributed by atoms with Crippen molar-refractivity contribution in [2.45, 2.75) is 6.42 Å². The number of carbonyl (C=O) groups excluding carboxylic acids is 1. The van der Waals surface area contributed by atoms with Gasteiger partial charge in [-0.1, -0.05) is 20.4 Å². The van der Waals surface area contributed by atoms with E-state index in [9.17, 15) is 9.18 Å². The van der Waals surface area contributed by atoms with Crippen LogP contribution in [0.4, 0.5) is 4.39 Å². The number of carbonyl (C=O) groups is 1. The van der Waals surface area contributed by atoms with E-state index in [-0.39, 0.29) is 18.0 Å². The minimum Gasteiger partial charge on any atom is -0.293 e. The van der Waals surface area contributed by atoms with Crippen LogP contribution in [0.3, 0.4) is 0 Å². The number of hydrogen-bond donors (Lipinski definition) is 0. The average Bonchev–Trinajstić information content (AvgIpc) is 2.68. The van der Waals surface area contributed by atoms with Crippen LogP contribution in [0.1, 0.15) is 15.2 Å². The van der Waals surface area contributed by atoms with E-state index in [0.717, 1.165) is 11.5 Å². The van der Waals surface area contributed by atoms with Crippen LogP contribution in [-0.4, -0.2) is 15.4 Å². The summed E-state index contributed by atoms with van der Waals surface area (Å²) in [5.74, 6) is -0.466. The highest BCUT2D eigenvalue weighted by atomic mass is 79.9. The molecule has 82 valence electrons. The van der Waals surface area contributed by atoms with Crippen LogP contribution in [0.5, 0.6) is 0 Å². The zero-order valence-corrected chi connectivity index (χ0v) is 10.4. The van der Waals surface area contributed by atoms with Gasteiger partial charge < -0.3 is 0 Å². The van der Waals surface area contributed by atoms with E-state index in [1.165, 1.54) is 18.3 Å². The number of Topliss-reactive ketones (excluding diaryl/α,β-unsaturated/α-hetero) is 1. The number of rotatable bonds is 3. The maximum atomic E-state index is 13.1. The van der Waals surface area contributed by atoms with Crippen molar-refractivity contribution in [1.29, 1.82) is 0 Å². The number of hydrogen-bond acceptors (Lipinski definition) is 4. The molecule has 0 N–H and O–H groups in total. The first-order valence-corrected chi connectivity index (χ1v) is 5.97. The zero-order chi connectivity index (χ0) is 11.5. The quantitative estimate of drug-likeness (QED) is 0.819. The second-order valence-electron chi connectivity index (χ2n) is 3.16. The number of halogens is 2. The fourth-order valence-electron chi connectivity index (χ4n) is 1.28. The van der Waals surface area contributed by atoms with Gasteiger partial charge in [-0.3, -0.25) is 4.79 Å². The molecule has 0 saturated carbocycles. The Labute approximate surface area is 104 Å². The van der Waals surface area contributed by atoms with Gasteiger partial charge in [0.05, 0.1) is 6.20 Å². The van der Waals surface area contributed by atoms with Crippen molar-refractivity contribution >= 4 is 33.2 Å². The summed E-state index contributed by atoms with van der Waals surface area (Å²) in [6.07, 6.45) is 1.57. The van der Waals surface area contributed by atoms with Gasteiger partial charge in [-0.15, -0.1) is 5.10 Å². The molecule has 0 aliphatic heterocycles. The Hall–Kier alpha value is -1.14. The predicted octanol–water partition coefficient (Wildman–Crippen LogP) is 2.87. The van der Waals surface area contributed by atoms with Gasteiger partial charge in [0.25, 0.3) is 0 Å². The summed E-state index contributed by atoms with van der Waals surface area (Å²) in [5, 5.41) is 3.58. The Morgan fingerprint density at radius 2 is 2.25 bits per heavy atom. The van der Waals surface area contributed by atoms with Crippen LogP contribution < -0.4 is 0 Å². The summed E-state index contributed by atoms with van der Waals surface area (Å²) >= 11 is 4.22. The number of benzene rings is 1. The lowest BCUT2D eigenvalue weighted by atomic mass is 10.1. The molecule has 2 rings (SSSR count). The molecule has 1 heterocycles. The third kappa shape index (κ3) is 2.70.